The molecule has 30 heavy (non-hydrogen) atoms. The second kappa shape index (κ2) is 10.7. The summed E-state index contributed by atoms with van der Waals surface area (Å²) >= 11 is 3.08. The Kier molecular flexibility index (Phi) is 7.81. The Bertz CT molecular complexity index is 1010. The number of benzene rings is 1. The molecule has 0 aliphatic carbocycles. The maximum absolute atomic E-state index is 11.0. The number of nitrogens with two attached hydrogens (primary N) is 1. The molecule has 0 unspecified atom stereocenters. The highest BCUT2D eigenvalue weighted by Gasteiger charge is 2.09. The molecule has 4 N–H and O–H groups in total. The van der Waals surface area contributed by atoms with Gasteiger partial charge in [-0.3, -0.25) is 9.79 Å². The Hall–Kier alpha value is -2.91. The molecule has 3 aromatic rings. The lowest BCUT2D eigenvalue weighted by molar-refractivity contribution is -0.119. The standard InChI is InChI=1S/C21H25N5O2S2/c1-3-28-18-7-5-4-6-15(18)10-11-23-20(22)26-21-25-17(13-29-21)19-9-8-16(30-19)12-24-14(2)27/h4-9,13H,3,10-12H2,1-2H3,(H,24,27)(H3,22,23,25,26). The van der Waals surface area contributed by atoms with E-state index in [4.69, 9.17) is 10.5 Å². The number of anilines is 1. The fourth-order valence-electron chi connectivity index (χ4n) is 2.72. The van der Waals surface area contributed by atoms with E-state index in [1.54, 1.807) is 11.3 Å². The third kappa shape index (κ3) is 6.30. The number of thiophene rings is 1. The third-order valence-corrected chi connectivity index (χ3v) is 5.97. The number of aromatic nitrogens is 1. The number of carbonyl (C=O) groups is 1. The number of carbonyl (C=O) groups excluding carboxylic acids is 1. The average molecular weight is 444 g/mol. The van der Waals surface area contributed by atoms with E-state index in [2.05, 4.69) is 20.6 Å². The number of nitrogens with zero attached hydrogens (tertiary/aromatic N) is 2. The van der Waals surface area contributed by atoms with Crippen LogP contribution in [0.15, 0.2) is 46.8 Å². The van der Waals surface area contributed by atoms with Crippen LogP contribution in [0.2, 0.25) is 0 Å². The van der Waals surface area contributed by atoms with Crippen molar-refractivity contribution in [3.05, 3.63) is 52.2 Å². The summed E-state index contributed by atoms with van der Waals surface area (Å²) in [6.45, 7) is 5.20. The van der Waals surface area contributed by atoms with E-state index in [9.17, 15) is 4.79 Å². The van der Waals surface area contributed by atoms with Crippen molar-refractivity contribution in [2.45, 2.75) is 26.8 Å². The van der Waals surface area contributed by atoms with Gasteiger partial charge in [0.05, 0.1) is 23.7 Å². The molecule has 0 aliphatic rings. The minimum Gasteiger partial charge on any atom is -0.494 e. The van der Waals surface area contributed by atoms with Gasteiger partial charge in [-0.25, -0.2) is 4.98 Å². The number of nitrogens with one attached hydrogen (secondary N) is 2. The molecule has 9 heteroatoms. The number of thiazole rings is 1. The predicted molar refractivity (Wildman–Crippen MR) is 124 cm³/mol. The summed E-state index contributed by atoms with van der Waals surface area (Å²) in [4.78, 5) is 22.2. The van der Waals surface area contributed by atoms with Crippen LogP contribution in [0.4, 0.5) is 5.13 Å². The number of guanidine groups is 1. The molecule has 0 atom stereocenters. The number of para-hydroxylation sites is 1. The van der Waals surface area contributed by atoms with E-state index in [1.165, 1.54) is 18.3 Å². The van der Waals surface area contributed by atoms with Crippen LogP contribution in [0.25, 0.3) is 10.6 Å². The van der Waals surface area contributed by atoms with Gasteiger partial charge in [-0.15, -0.1) is 22.7 Å². The third-order valence-electron chi connectivity index (χ3n) is 4.10. The minimum absolute atomic E-state index is 0.0405. The normalized spacial score (nSPS) is 11.3. The van der Waals surface area contributed by atoms with Crippen molar-refractivity contribution < 1.29 is 9.53 Å². The van der Waals surface area contributed by atoms with Crippen LogP contribution in [0.3, 0.4) is 0 Å². The molecule has 0 bridgehead atoms. The second-order valence-electron chi connectivity index (χ2n) is 6.40. The number of hydrogen-bond donors (Lipinski definition) is 3. The van der Waals surface area contributed by atoms with Gasteiger partial charge in [0.1, 0.15) is 5.75 Å². The monoisotopic (exact) mass is 443 g/mol. The van der Waals surface area contributed by atoms with Crippen LogP contribution in [-0.4, -0.2) is 30.0 Å². The molecule has 3 rings (SSSR count). The fraction of sp³-hybridized carbons (Fsp3) is 0.286. The van der Waals surface area contributed by atoms with E-state index in [1.807, 2.05) is 48.7 Å². The first kappa shape index (κ1) is 21.8. The lowest BCUT2D eigenvalue weighted by atomic mass is 10.1. The quantitative estimate of drug-likeness (QED) is 0.344. The zero-order valence-corrected chi connectivity index (χ0v) is 18.6. The van der Waals surface area contributed by atoms with Gasteiger partial charge in [0, 0.05) is 23.7 Å². The van der Waals surface area contributed by atoms with Crippen molar-refractivity contribution in [3.63, 3.8) is 0 Å². The summed E-state index contributed by atoms with van der Waals surface area (Å²) in [6.07, 6.45) is 0.744. The average Bonchev–Trinajstić information content (AvgIpc) is 3.37. The molecule has 7 nitrogen and oxygen atoms in total. The SMILES string of the molecule is CCOc1ccccc1CCN=C(N)Nc1nc(-c2ccc(CNC(C)=O)s2)cs1. The molecule has 0 saturated carbocycles. The van der Waals surface area contributed by atoms with Crippen molar-refractivity contribution in [1.82, 2.24) is 10.3 Å². The zero-order chi connectivity index (χ0) is 21.3. The topological polar surface area (TPSA) is 102 Å². The van der Waals surface area contributed by atoms with Gasteiger partial charge in [0.25, 0.3) is 0 Å². The van der Waals surface area contributed by atoms with E-state index >= 15 is 0 Å². The second-order valence-corrected chi connectivity index (χ2v) is 8.42. The predicted octanol–water partition coefficient (Wildman–Crippen LogP) is 3.88. The van der Waals surface area contributed by atoms with Crippen molar-refractivity contribution in [3.8, 4) is 16.3 Å². The smallest absolute Gasteiger partial charge is 0.217 e. The Balaban J connectivity index is 1.54. The van der Waals surface area contributed by atoms with E-state index in [0.717, 1.165) is 33.2 Å². The minimum atomic E-state index is -0.0405. The highest BCUT2D eigenvalue weighted by molar-refractivity contribution is 7.17. The first-order valence-corrected chi connectivity index (χ1v) is 11.3. The maximum atomic E-state index is 11.0. The van der Waals surface area contributed by atoms with Crippen LogP contribution < -0.4 is 21.1 Å². The highest BCUT2D eigenvalue weighted by atomic mass is 32.1. The molecule has 1 amide bonds. The van der Waals surface area contributed by atoms with Crippen LogP contribution in [-0.2, 0) is 17.8 Å². The first-order valence-electron chi connectivity index (χ1n) is 9.62. The molecule has 0 saturated heterocycles. The highest BCUT2D eigenvalue weighted by Crippen LogP contribution is 2.30. The summed E-state index contributed by atoms with van der Waals surface area (Å²) in [5, 5.41) is 8.52. The van der Waals surface area contributed by atoms with Gasteiger partial charge < -0.3 is 21.1 Å². The lowest BCUT2D eigenvalue weighted by Gasteiger charge is -2.08. The first-order chi connectivity index (χ1) is 14.5. The number of amides is 1. The van der Waals surface area contributed by atoms with Gasteiger partial charge in [0.15, 0.2) is 11.1 Å². The lowest BCUT2D eigenvalue weighted by Crippen LogP contribution is -2.23. The van der Waals surface area contributed by atoms with Crippen LogP contribution in [0, 0.1) is 0 Å². The molecule has 1 aromatic carbocycles. The molecule has 2 heterocycles. The largest absolute Gasteiger partial charge is 0.494 e. The van der Waals surface area contributed by atoms with Gasteiger partial charge in [-0.05, 0) is 37.1 Å². The molecule has 2 aromatic heterocycles. The molecule has 0 aliphatic heterocycles. The molecule has 158 valence electrons. The summed E-state index contributed by atoms with van der Waals surface area (Å²) < 4.78 is 5.64. The summed E-state index contributed by atoms with van der Waals surface area (Å²) in [5.41, 5.74) is 8.01. The fourth-order valence-corrected chi connectivity index (χ4v) is 4.42. The number of ether oxygens (including phenoxy) is 1. The molecule has 0 spiro atoms. The Morgan fingerprint density at radius 3 is 2.90 bits per heavy atom. The maximum Gasteiger partial charge on any atom is 0.217 e. The molecule has 0 fully saturated rings. The van der Waals surface area contributed by atoms with Crippen molar-refractivity contribution >= 4 is 39.7 Å². The zero-order valence-electron chi connectivity index (χ0n) is 17.0. The summed E-state index contributed by atoms with van der Waals surface area (Å²) in [7, 11) is 0. The van der Waals surface area contributed by atoms with Gasteiger partial charge >= 0.3 is 0 Å². The molecular formula is C21H25N5O2S2. The summed E-state index contributed by atoms with van der Waals surface area (Å²) in [6, 6.07) is 12.0. The van der Waals surface area contributed by atoms with E-state index in [0.29, 0.717) is 30.8 Å². The molecular weight excluding hydrogens is 418 g/mol. The summed E-state index contributed by atoms with van der Waals surface area (Å²) in [5.74, 6) is 1.18. The van der Waals surface area contributed by atoms with Gasteiger partial charge in [0.2, 0.25) is 5.91 Å². The number of rotatable bonds is 9. The van der Waals surface area contributed by atoms with E-state index < -0.39 is 0 Å². The van der Waals surface area contributed by atoms with Gasteiger partial charge in [-0.2, -0.15) is 0 Å². The molecule has 0 radical (unpaired) electrons. The van der Waals surface area contributed by atoms with Crippen LogP contribution >= 0.6 is 22.7 Å². The Morgan fingerprint density at radius 2 is 2.10 bits per heavy atom. The van der Waals surface area contributed by atoms with Crippen LogP contribution in [0.1, 0.15) is 24.3 Å². The Morgan fingerprint density at radius 1 is 1.27 bits per heavy atom. The Labute approximate surface area is 184 Å². The number of hydrogen-bond acceptors (Lipinski definition) is 6. The van der Waals surface area contributed by atoms with E-state index in [-0.39, 0.29) is 5.91 Å². The van der Waals surface area contributed by atoms with Crippen LogP contribution in [0.5, 0.6) is 5.75 Å². The van der Waals surface area contributed by atoms with Crippen molar-refractivity contribution in [2.24, 2.45) is 10.7 Å². The van der Waals surface area contributed by atoms with Crippen molar-refractivity contribution in [2.75, 3.05) is 18.5 Å². The van der Waals surface area contributed by atoms with Gasteiger partial charge in [-0.1, -0.05) is 18.2 Å². The number of aliphatic imine (C=N–C) groups is 1. The van der Waals surface area contributed by atoms with Crippen molar-refractivity contribution in [1.29, 1.82) is 0 Å².